The van der Waals surface area contributed by atoms with E-state index < -0.39 is 15.9 Å². The van der Waals surface area contributed by atoms with Gasteiger partial charge >= 0.3 is 0 Å². The SMILES string of the molecule is [C-]#[N+]c1cccc(CS(=O)(=O)O)c1. The highest BCUT2D eigenvalue weighted by molar-refractivity contribution is 7.85. The van der Waals surface area contributed by atoms with Gasteiger partial charge in [0.25, 0.3) is 10.1 Å². The molecule has 0 saturated carbocycles. The second-order valence-electron chi connectivity index (χ2n) is 2.51. The summed E-state index contributed by atoms with van der Waals surface area (Å²) in [6.45, 7) is 6.68. The lowest BCUT2D eigenvalue weighted by Gasteiger charge is -1.97. The minimum absolute atomic E-state index is 0.362. The van der Waals surface area contributed by atoms with Gasteiger partial charge in [-0.15, -0.1) is 0 Å². The van der Waals surface area contributed by atoms with Crippen LogP contribution in [0.5, 0.6) is 0 Å². The van der Waals surface area contributed by atoms with Crippen molar-refractivity contribution in [1.29, 1.82) is 0 Å². The minimum Gasteiger partial charge on any atom is -0.285 e. The summed E-state index contributed by atoms with van der Waals surface area (Å²) in [6.07, 6.45) is 0. The third-order valence-electron chi connectivity index (χ3n) is 1.39. The van der Waals surface area contributed by atoms with E-state index in [1.807, 2.05) is 0 Å². The highest BCUT2D eigenvalue weighted by atomic mass is 32.2. The van der Waals surface area contributed by atoms with E-state index in [1.165, 1.54) is 6.07 Å². The van der Waals surface area contributed by atoms with Gasteiger partial charge in [0.2, 0.25) is 0 Å². The highest BCUT2D eigenvalue weighted by Gasteiger charge is 2.06. The summed E-state index contributed by atoms with van der Waals surface area (Å²) in [5, 5.41) is 0. The Hall–Kier alpha value is -1.38. The Morgan fingerprint density at radius 2 is 2.15 bits per heavy atom. The molecule has 0 atom stereocenters. The third-order valence-corrected chi connectivity index (χ3v) is 2.09. The highest BCUT2D eigenvalue weighted by Crippen LogP contribution is 2.15. The van der Waals surface area contributed by atoms with Crippen LogP contribution in [0.3, 0.4) is 0 Å². The molecule has 0 saturated heterocycles. The topological polar surface area (TPSA) is 58.7 Å². The van der Waals surface area contributed by atoms with Crippen LogP contribution in [-0.2, 0) is 15.9 Å². The predicted octanol–water partition coefficient (Wildman–Crippen LogP) is 1.63. The monoisotopic (exact) mass is 197 g/mol. The first kappa shape index (κ1) is 9.71. The largest absolute Gasteiger partial charge is 0.285 e. The van der Waals surface area contributed by atoms with E-state index in [2.05, 4.69) is 4.85 Å². The Kier molecular flexibility index (Phi) is 2.66. The second kappa shape index (κ2) is 3.56. The lowest BCUT2D eigenvalue weighted by molar-refractivity contribution is 0.482. The molecule has 0 fully saturated rings. The predicted molar refractivity (Wildman–Crippen MR) is 48.0 cm³/mol. The number of hydrogen-bond donors (Lipinski definition) is 1. The van der Waals surface area contributed by atoms with Crippen molar-refractivity contribution >= 4 is 15.8 Å². The van der Waals surface area contributed by atoms with Crippen molar-refractivity contribution in [2.45, 2.75) is 5.75 Å². The smallest absolute Gasteiger partial charge is 0.269 e. The van der Waals surface area contributed by atoms with Gasteiger partial charge < -0.3 is 0 Å². The summed E-state index contributed by atoms with van der Waals surface area (Å²) in [7, 11) is -4.01. The van der Waals surface area contributed by atoms with Crippen LogP contribution in [0.25, 0.3) is 4.85 Å². The first-order chi connectivity index (χ1) is 6.01. The average Bonchev–Trinajstić information content (AvgIpc) is 2.01. The Balaban J connectivity index is 2.99. The van der Waals surface area contributed by atoms with Gasteiger partial charge in [-0.05, 0) is 5.56 Å². The summed E-state index contributed by atoms with van der Waals surface area (Å²) in [4.78, 5) is 3.13. The average molecular weight is 197 g/mol. The van der Waals surface area contributed by atoms with Crippen molar-refractivity contribution in [2.75, 3.05) is 0 Å². The standard InChI is InChI=1S/C8H7NO3S/c1-9-8-4-2-3-7(5-8)6-13(10,11)12/h2-5H,6H2,(H,10,11,12). The fourth-order valence-corrected chi connectivity index (χ4v) is 1.53. The zero-order valence-electron chi connectivity index (χ0n) is 6.64. The molecule has 4 nitrogen and oxygen atoms in total. The van der Waals surface area contributed by atoms with Crippen LogP contribution in [0.15, 0.2) is 24.3 Å². The maximum absolute atomic E-state index is 10.5. The zero-order chi connectivity index (χ0) is 9.90. The summed E-state index contributed by atoms with van der Waals surface area (Å²) in [5.74, 6) is -0.448. The Labute approximate surface area is 76.4 Å². The molecule has 1 aromatic carbocycles. The van der Waals surface area contributed by atoms with Gasteiger partial charge in [0, 0.05) is 0 Å². The first-order valence-corrected chi connectivity index (χ1v) is 5.04. The molecule has 5 heteroatoms. The maximum atomic E-state index is 10.5. The lowest BCUT2D eigenvalue weighted by atomic mass is 10.2. The van der Waals surface area contributed by atoms with Crippen molar-refractivity contribution in [2.24, 2.45) is 0 Å². The Morgan fingerprint density at radius 3 is 2.69 bits per heavy atom. The van der Waals surface area contributed by atoms with E-state index in [0.717, 1.165) is 0 Å². The maximum Gasteiger partial charge on any atom is 0.269 e. The van der Waals surface area contributed by atoms with Crippen LogP contribution in [0.1, 0.15) is 5.56 Å². The number of rotatable bonds is 2. The summed E-state index contributed by atoms with van der Waals surface area (Å²) >= 11 is 0. The molecule has 0 aliphatic carbocycles. The zero-order valence-corrected chi connectivity index (χ0v) is 7.45. The van der Waals surface area contributed by atoms with Gasteiger partial charge in [-0.2, -0.15) is 8.42 Å². The van der Waals surface area contributed by atoms with Crippen molar-refractivity contribution in [3.05, 3.63) is 41.2 Å². The van der Waals surface area contributed by atoms with Crippen molar-refractivity contribution in [1.82, 2.24) is 0 Å². The molecule has 0 spiro atoms. The lowest BCUT2D eigenvalue weighted by Crippen LogP contribution is -2.00. The Morgan fingerprint density at radius 1 is 1.46 bits per heavy atom. The third kappa shape index (κ3) is 3.23. The van der Waals surface area contributed by atoms with E-state index in [-0.39, 0.29) is 0 Å². The van der Waals surface area contributed by atoms with Gasteiger partial charge in [-0.25, -0.2) is 4.85 Å². The molecule has 1 N–H and O–H groups in total. The molecule has 68 valence electrons. The van der Waals surface area contributed by atoms with E-state index in [0.29, 0.717) is 11.3 Å². The number of benzene rings is 1. The van der Waals surface area contributed by atoms with Gasteiger partial charge in [-0.3, -0.25) is 4.55 Å². The molecule has 13 heavy (non-hydrogen) atoms. The van der Waals surface area contributed by atoms with Crippen molar-refractivity contribution < 1.29 is 13.0 Å². The molecule has 0 heterocycles. The summed E-state index contributed by atoms with van der Waals surface area (Å²) in [6, 6.07) is 6.12. The summed E-state index contributed by atoms with van der Waals surface area (Å²) in [5.41, 5.74) is 0.775. The van der Waals surface area contributed by atoms with Crippen LogP contribution in [0.2, 0.25) is 0 Å². The van der Waals surface area contributed by atoms with Gasteiger partial charge in [0.1, 0.15) is 0 Å². The molecule has 0 unspecified atom stereocenters. The number of hydrogen-bond acceptors (Lipinski definition) is 2. The normalized spacial score (nSPS) is 10.8. The van der Waals surface area contributed by atoms with Crippen LogP contribution in [0, 0.1) is 6.57 Å². The van der Waals surface area contributed by atoms with E-state index >= 15 is 0 Å². The second-order valence-corrected chi connectivity index (χ2v) is 3.96. The van der Waals surface area contributed by atoms with E-state index in [1.54, 1.807) is 18.2 Å². The minimum atomic E-state index is -4.01. The fourth-order valence-electron chi connectivity index (χ4n) is 0.926. The fraction of sp³-hybridized carbons (Fsp3) is 0.125. The molecule has 0 radical (unpaired) electrons. The van der Waals surface area contributed by atoms with Crippen molar-refractivity contribution in [3.63, 3.8) is 0 Å². The van der Waals surface area contributed by atoms with Crippen LogP contribution >= 0.6 is 0 Å². The molecule has 0 aromatic heterocycles. The van der Waals surface area contributed by atoms with Crippen LogP contribution in [-0.4, -0.2) is 13.0 Å². The molecule has 1 aromatic rings. The number of nitrogens with zero attached hydrogens (tertiary/aromatic N) is 1. The van der Waals surface area contributed by atoms with Crippen LogP contribution in [0.4, 0.5) is 5.69 Å². The molecule has 0 amide bonds. The first-order valence-electron chi connectivity index (χ1n) is 3.43. The quantitative estimate of drug-likeness (QED) is 0.579. The van der Waals surface area contributed by atoms with Gasteiger partial charge in [0.15, 0.2) is 5.69 Å². The molecule has 0 bridgehead atoms. The van der Waals surface area contributed by atoms with Gasteiger partial charge in [-0.1, -0.05) is 24.3 Å². The van der Waals surface area contributed by atoms with Crippen molar-refractivity contribution in [3.8, 4) is 0 Å². The molecule has 1 rings (SSSR count). The molecular weight excluding hydrogens is 190 g/mol. The van der Waals surface area contributed by atoms with E-state index in [4.69, 9.17) is 11.1 Å². The van der Waals surface area contributed by atoms with E-state index in [9.17, 15) is 8.42 Å². The molecule has 0 aliphatic rings. The van der Waals surface area contributed by atoms with Crippen LogP contribution < -0.4 is 0 Å². The molecule has 0 aliphatic heterocycles. The Bertz CT molecular complexity index is 445. The molecular formula is C8H7NO3S. The van der Waals surface area contributed by atoms with Gasteiger partial charge in [0.05, 0.1) is 12.3 Å². The summed E-state index contributed by atoms with van der Waals surface area (Å²) < 4.78 is 29.5.